The fourth-order valence-electron chi connectivity index (χ4n) is 2.36. The first-order valence-corrected chi connectivity index (χ1v) is 8.73. The fraction of sp³-hybridized carbons (Fsp3) is 1.00. The number of rotatable bonds is 9. The van der Waals surface area contributed by atoms with Crippen molar-refractivity contribution in [2.75, 3.05) is 47.4 Å². The van der Waals surface area contributed by atoms with Crippen molar-refractivity contribution in [2.45, 2.75) is 38.5 Å². The molecule has 2 unspecified atom stereocenters. The molecule has 21 heavy (non-hydrogen) atoms. The number of hydrogen-bond acceptors (Lipinski definition) is 5. The van der Waals surface area contributed by atoms with Crippen molar-refractivity contribution in [3.63, 3.8) is 0 Å². The van der Waals surface area contributed by atoms with Crippen LogP contribution in [0.5, 0.6) is 0 Å². The molecule has 1 saturated heterocycles. The lowest BCUT2D eigenvalue weighted by atomic mass is 10.3. The topological polar surface area (TPSA) is 71.1 Å². The highest BCUT2D eigenvalue weighted by molar-refractivity contribution is 7.86. The van der Waals surface area contributed by atoms with Gasteiger partial charge in [0.2, 0.25) is 0 Å². The number of methoxy groups -OCH3 is 2. The van der Waals surface area contributed by atoms with Crippen LogP contribution in [0.3, 0.4) is 0 Å². The lowest BCUT2D eigenvalue weighted by Crippen LogP contribution is -2.42. The van der Waals surface area contributed by atoms with Gasteiger partial charge in [-0.05, 0) is 13.0 Å². The van der Waals surface area contributed by atoms with E-state index in [9.17, 15) is 8.42 Å². The van der Waals surface area contributed by atoms with E-state index in [1.54, 1.807) is 21.3 Å². The number of hydrogen-bond donors (Lipinski definition) is 1. The zero-order valence-corrected chi connectivity index (χ0v) is 14.5. The molecule has 7 nitrogen and oxygen atoms in total. The first-order chi connectivity index (χ1) is 9.82. The maximum absolute atomic E-state index is 12.5. The third kappa shape index (κ3) is 5.15. The molecule has 0 spiro atoms. The predicted molar refractivity (Wildman–Crippen MR) is 82.5 cm³/mol. The number of nitrogens with one attached hydrogen (secondary N) is 1. The van der Waals surface area contributed by atoms with Gasteiger partial charge in [-0.3, -0.25) is 0 Å². The molecule has 0 bridgehead atoms. The van der Waals surface area contributed by atoms with E-state index in [0.717, 1.165) is 13.0 Å². The minimum atomic E-state index is -3.45. The summed E-state index contributed by atoms with van der Waals surface area (Å²) in [6.07, 6.45) is 0.366. The molecule has 0 aliphatic carbocycles. The van der Waals surface area contributed by atoms with Gasteiger partial charge in [-0.15, -0.1) is 0 Å². The highest BCUT2D eigenvalue weighted by atomic mass is 32.2. The van der Waals surface area contributed by atoms with Gasteiger partial charge >= 0.3 is 0 Å². The summed E-state index contributed by atoms with van der Waals surface area (Å²) in [5.74, 6) is 0. The molecule has 1 rings (SSSR count). The molecule has 0 aromatic heterocycles. The monoisotopic (exact) mass is 323 g/mol. The summed E-state index contributed by atoms with van der Waals surface area (Å²) in [6, 6.07) is 0.412. The van der Waals surface area contributed by atoms with E-state index in [2.05, 4.69) is 19.2 Å². The van der Waals surface area contributed by atoms with Crippen LogP contribution in [-0.2, 0) is 19.7 Å². The van der Waals surface area contributed by atoms with Gasteiger partial charge in [0, 0.05) is 46.9 Å². The van der Waals surface area contributed by atoms with E-state index in [4.69, 9.17) is 9.47 Å². The molecule has 0 aromatic rings. The SMILES string of the molecule is COC1CN(S(=O)(=O)N(C)CCCNC(C)C)CC1OC. The summed E-state index contributed by atoms with van der Waals surface area (Å²) < 4.78 is 38.4. The van der Waals surface area contributed by atoms with Gasteiger partial charge in [0.05, 0.1) is 12.2 Å². The molecule has 0 saturated carbocycles. The lowest BCUT2D eigenvalue weighted by Gasteiger charge is -2.24. The van der Waals surface area contributed by atoms with Gasteiger partial charge in [-0.25, -0.2) is 0 Å². The molecule has 2 atom stereocenters. The highest BCUT2D eigenvalue weighted by Gasteiger charge is 2.40. The zero-order valence-electron chi connectivity index (χ0n) is 13.7. The normalized spacial score (nSPS) is 24.3. The summed E-state index contributed by atoms with van der Waals surface area (Å²) >= 11 is 0. The van der Waals surface area contributed by atoms with E-state index in [0.29, 0.717) is 25.7 Å². The lowest BCUT2D eigenvalue weighted by molar-refractivity contribution is -0.00461. The molecule has 126 valence electrons. The molecule has 0 amide bonds. The Hall–Kier alpha value is -0.250. The summed E-state index contributed by atoms with van der Waals surface area (Å²) in [6.45, 7) is 6.12. The first-order valence-electron chi connectivity index (χ1n) is 7.33. The molecule has 1 fully saturated rings. The Bertz CT molecular complexity index is 390. The van der Waals surface area contributed by atoms with Crippen LogP contribution in [0.2, 0.25) is 0 Å². The Kier molecular flexibility index (Phi) is 7.52. The molecule has 8 heteroatoms. The Morgan fingerprint density at radius 3 is 2.19 bits per heavy atom. The third-order valence-electron chi connectivity index (χ3n) is 3.71. The van der Waals surface area contributed by atoms with Crippen LogP contribution in [0.25, 0.3) is 0 Å². The molecule has 0 aromatic carbocycles. The maximum atomic E-state index is 12.5. The van der Waals surface area contributed by atoms with Crippen LogP contribution in [0, 0.1) is 0 Å². The average molecular weight is 323 g/mol. The van der Waals surface area contributed by atoms with Gasteiger partial charge in [-0.1, -0.05) is 13.8 Å². The summed E-state index contributed by atoms with van der Waals surface area (Å²) in [5, 5.41) is 3.28. The van der Waals surface area contributed by atoms with Gasteiger partial charge < -0.3 is 14.8 Å². The van der Waals surface area contributed by atoms with Crippen molar-refractivity contribution in [3.05, 3.63) is 0 Å². The molecule has 1 aliphatic heterocycles. The maximum Gasteiger partial charge on any atom is 0.281 e. The quantitative estimate of drug-likeness (QED) is 0.600. The standard InChI is InChI=1S/C13H29N3O4S/c1-11(2)14-7-6-8-15(3)21(17,18)16-9-12(19-4)13(10-16)20-5/h11-14H,6-10H2,1-5H3. The van der Waals surface area contributed by atoms with Gasteiger partial charge in [0.1, 0.15) is 0 Å². The molecular formula is C13H29N3O4S. The second-order valence-corrected chi connectivity index (χ2v) is 7.69. The number of nitrogens with zero attached hydrogens (tertiary/aromatic N) is 2. The highest BCUT2D eigenvalue weighted by Crippen LogP contribution is 2.20. The van der Waals surface area contributed by atoms with Crippen molar-refractivity contribution in [3.8, 4) is 0 Å². The summed E-state index contributed by atoms with van der Waals surface area (Å²) in [5.41, 5.74) is 0. The van der Waals surface area contributed by atoms with Gasteiger partial charge in [-0.2, -0.15) is 17.0 Å². The van der Waals surface area contributed by atoms with Crippen LogP contribution in [0.4, 0.5) is 0 Å². The van der Waals surface area contributed by atoms with Crippen molar-refractivity contribution >= 4 is 10.2 Å². The second-order valence-electron chi connectivity index (χ2n) is 5.66. The van der Waals surface area contributed by atoms with E-state index < -0.39 is 10.2 Å². The minimum Gasteiger partial charge on any atom is -0.377 e. The van der Waals surface area contributed by atoms with Gasteiger partial charge in [0.25, 0.3) is 10.2 Å². The molecule has 1 heterocycles. The Balaban J connectivity index is 2.52. The summed E-state index contributed by atoms with van der Waals surface area (Å²) in [7, 11) is 1.33. The van der Waals surface area contributed by atoms with Crippen LogP contribution < -0.4 is 5.32 Å². The summed E-state index contributed by atoms with van der Waals surface area (Å²) in [4.78, 5) is 0. The molecular weight excluding hydrogens is 294 g/mol. The van der Waals surface area contributed by atoms with Crippen LogP contribution in [0.15, 0.2) is 0 Å². The first kappa shape index (κ1) is 18.8. The molecule has 0 radical (unpaired) electrons. The Labute approximate surface area is 128 Å². The smallest absolute Gasteiger partial charge is 0.281 e. The van der Waals surface area contributed by atoms with Gasteiger partial charge in [0.15, 0.2) is 0 Å². The van der Waals surface area contributed by atoms with Crippen LogP contribution in [-0.4, -0.2) is 82.7 Å². The van der Waals surface area contributed by atoms with E-state index >= 15 is 0 Å². The minimum absolute atomic E-state index is 0.208. The third-order valence-corrected chi connectivity index (χ3v) is 5.63. The van der Waals surface area contributed by atoms with Crippen LogP contribution >= 0.6 is 0 Å². The Morgan fingerprint density at radius 2 is 1.76 bits per heavy atom. The predicted octanol–water partition coefficient (Wildman–Crippen LogP) is -0.103. The fourth-order valence-corrected chi connectivity index (χ4v) is 3.78. The van der Waals surface area contributed by atoms with Crippen molar-refractivity contribution in [1.82, 2.24) is 13.9 Å². The zero-order chi connectivity index (χ0) is 16.0. The molecule has 1 aliphatic rings. The molecule has 1 N–H and O–H groups in total. The second kappa shape index (κ2) is 8.40. The van der Waals surface area contributed by atoms with Crippen molar-refractivity contribution in [2.24, 2.45) is 0 Å². The average Bonchev–Trinajstić information content (AvgIpc) is 2.86. The van der Waals surface area contributed by atoms with E-state index in [1.807, 2.05) is 0 Å². The van der Waals surface area contributed by atoms with Crippen molar-refractivity contribution < 1.29 is 17.9 Å². The largest absolute Gasteiger partial charge is 0.377 e. The van der Waals surface area contributed by atoms with E-state index in [-0.39, 0.29) is 12.2 Å². The number of ether oxygens (including phenoxy) is 2. The van der Waals surface area contributed by atoms with E-state index in [1.165, 1.54) is 8.61 Å². The van der Waals surface area contributed by atoms with Crippen LogP contribution in [0.1, 0.15) is 20.3 Å². The van der Waals surface area contributed by atoms with Crippen molar-refractivity contribution in [1.29, 1.82) is 0 Å². The Morgan fingerprint density at radius 1 is 1.24 bits per heavy atom.